The standard InChI is InChI=1S/C10H13ClN2O2S/c1-10(2,3)15-9(14)13-8-7(11)6(16)4-5-12-8/h4-5H,1-3H3,(H2,12,13,14,16). The van der Waals surface area contributed by atoms with Gasteiger partial charge in [0.05, 0.1) is 9.53 Å². The van der Waals surface area contributed by atoms with Gasteiger partial charge in [0.1, 0.15) is 11.4 Å². The highest BCUT2D eigenvalue weighted by molar-refractivity contribution is 7.71. The number of anilines is 1. The van der Waals surface area contributed by atoms with E-state index in [0.717, 1.165) is 0 Å². The van der Waals surface area contributed by atoms with Crippen LogP contribution in [0.2, 0.25) is 5.02 Å². The first kappa shape index (κ1) is 13.0. The van der Waals surface area contributed by atoms with Gasteiger partial charge in [0.15, 0.2) is 0 Å². The zero-order valence-corrected chi connectivity index (χ0v) is 10.8. The molecule has 0 saturated heterocycles. The van der Waals surface area contributed by atoms with E-state index in [1.165, 1.54) is 0 Å². The largest absolute Gasteiger partial charge is 0.444 e. The van der Waals surface area contributed by atoms with Crippen molar-refractivity contribution < 1.29 is 9.53 Å². The number of hydrogen-bond donors (Lipinski definition) is 2. The molecule has 0 saturated carbocycles. The van der Waals surface area contributed by atoms with Gasteiger partial charge in [-0.15, -0.1) is 0 Å². The summed E-state index contributed by atoms with van der Waals surface area (Å²) in [6.07, 6.45) is 1.02. The number of ether oxygens (including phenoxy) is 1. The molecule has 1 heterocycles. The fourth-order valence-corrected chi connectivity index (χ4v) is 1.29. The number of halogens is 1. The molecule has 2 N–H and O–H groups in total. The first-order valence-corrected chi connectivity index (χ1v) is 5.45. The Morgan fingerprint density at radius 1 is 1.56 bits per heavy atom. The number of H-pyrrole nitrogens is 1. The fourth-order valence-electron chi connectivity index (χ4n) is 0.957. The normalized spacial score (nSPS) is 11.0. The molecule has 0 atom stereocenters. The maximum atomic E-state index is 11.4. The quantitative estimate of drug-likeness (QED) is 0.756. The van der Waals surface area contributed by atoms with Crippen LogP contribution >= 0.6 is 23.8 Å². The molecule has 1 aromatic heterocycles. The molecule has 16 heavy (non-hydrogen) atoms. The molecule has 0 fully saturated rings. The molecule has 0 radical (unpaired) electrons. The summed E-state index contributed by atoms with van der Waals surface area (Å²) in [5, 5.41) is 2.79. The Kier molecular flexibility index (Phi) is 3.93. The van der Waals surface area contributed by atoms with Gasteiger partial charge in [-0.05, 0) is 26.8 Å². The Bertz CT molecular complexity index is 451. The number of pyridine rings is 1. The Labute approximate surface area is 104 Å². The molecule has 1 rings (SSSR count). The summed E-state index contributed by atoms with van der Waals surface area (Å²) >= 11 is 10.9. The number of rotatable bonds is 1. The van der Waals surface area contributed by atoms with Crippen LogP contribution in [0.4, 0.5) is 10.6 Å². The molecule has 0 unspecified atom stereocenters. The molecule has 0 aromatic carbocycles. The van der Waals surface area contributed by atoms with Crippen molar-refractivity contribution in [2.24, 2.45) is 0 Å². The topological polar surface area (TPSA) is 54.1 Å². The SMILES string of the molecule is CC(C)(C)OC(=O)Nc1[nH]ccc(=S)c1Cl. The third-order valence-electron chi connectivity index (χ3n) is 1.52. The first-order chi connectivity index (χ1) is 7.29. The molecule has 4 nitrogen and oxygen atoms in total. The predicted octanol–water partition coefficient (Wildman–Crippen LogP) is 3.74. The number of carbonyl (C=O) groups is 1. The van der Waals surface area contributed by atoms with Crippen molar-refractivity contribution in [3.63, 3.8) is 0 Å². The fraction of sp³-hybridized carbons (Fsp3) is 0.400. The van der Waals surface area contributed by atoms with Crippen LogP contribution in [-0.4, -0.2) is 16.7 Å². The summed E-state index contributed by atoms with van der Waals surface area (Å²) in [7, 11) is 0. The number of hydrogen-bond acceptors (Lipinski definition) is 3. The van der Waals surface area contributed by atoms with E-state index in [0.29, 0.717) is 15.4 Å². The maximum Gasteiger partial charge on any atom is 0.413 e. The molecule has 6 heteroatoms. The van der Waals surface area contributed by atoms with E-state index in [1.807, 2.05) is 0 Å². The van der Waals surface area contributed by atoms with E-state index < -0.39 is 11.7 Å². The van der Waals surface area contributed by atoms with Gasteiger partial charge in [-0.3, -0.25) is 5.32 Å². The van der Waals surface area contributed by atoms with Crippen molar-refractivity contribution in [2.45, 2.75) is 26.4 Å². The van der Waals surface area contributed by atoms with E-state index in [9.17, 15) is 4.79 Å². The van der Waals surface area contributed by atoms with Crippen LogP contribution < -0.4 is 5.32 Å². The summed E-state index contributed by atoms with van der Waals surface area (Å²) in [5.41, 5.74) is -0.553. The van der Waals surface area contributed by atoms with Crippen molar-refractivity contribution >= 4 is 35.7 Å². The molecular weight excluding hydrogens is 248 g/mol. The Balaban J connectivity index is 2.78. The van der Waals surface area contributed by atoms with Crippen molar-refractivity contribution in [2.75, 3.05) is 5.32 Å². The molecule has 0 aliphatic rings. The lowest BCUT2D eigenvalue weighted by atomic mass is 10.2. The van der Waals surface area contributed by atoms with Gasteiger partial charge in [-0.25, -0.2) is 4.79 Å². The van der Waals surface area contributed by atoms with Gasteiger partial charge in [-0.2, -0.15) is 0 Å². The van der Waals surface area contributed by atoms with Crippen molar-refractivity contribution in [1.29, 1.82) is 0 Å². The highest BCUT2D eigenvalue weighted by Crippen LogP contribution is 2.20. The zero-order chi connectivity index (χ0) is 12.3. The zero-order valence-electron chi connectivity index (χ0n) is 9.26. The highest BCUT2D eigenvalue weighted by atomic mass is 35.5. The average Bonchev–Trinajstić information content (AvgIpc) is 2.09. The molecule has 0 aliphatic heterocycles. The van der Waals surface area contributed by atoms with Crippen molar-refractivity contribution in [3.05, 3.63) is 21.8 Å². The minimum atomic E-state index is -0.578. The maximum absolute atomic E-state index is 11.4. The molecule has 0 aliphatic carbocycles. The minimum absolute atomic E-state index is 0.295. The molecule has 88 valence electrons. The number of carbonyl (C=O) groups excluding carboxylic acids is 1. The lowest BCUT2D eigenvalue weighted by molar-refractivity contribution is 0.0635. The Morgan fingerprint density at radius 2 is 2.19 bits per heavy atom. The van der Waals surface area contributed by atoms with Crippen LogP contribution in [0.25, 0.3) is 0 Å². The monoisotopic (exact) mass is 260 g/mol. The smallest absolute Gasteiger partial charge is 0.413 e. The third kappa shape index (κ3) is 3.83. The lowest BCUT2D eigenvalue weighted by Gasteiger charge is -2.19. The summed E-state index contributed by atoms with van der Waals surface area (Å²) in [6.45, 7) is 5.34. The Hall–Kier alpha value is -1.07. The van der Waals surface area contributed by atoms with Crippen LogP contribution in [0.5, 0.6) is 0 Å². The summed E-state index contributed by atoms with van der Waals surface area (Å²) < 4.78 is 5.54. The molecule has 1 aromatic rings. The van der Waals surface area contributed by atoms with E-state index in [2.05, 4.69) is 10.3 Å². The molecule has 0 spiro atoms. The summed E-state index contributed by atoms with van der Waals surface area (Å²) in [5.74, 6) is 0.336. The predicted molar refractivity (Wildman–Crippen MR) is 66.5 cm³/mol. The number of aromatic nitrogens is 1. The van der Waals surface area contributed by atoms with E-state index >= 15 is 0 Å². The minimum Gasteiger partial charge on any atom is -0.444 e. The first-order valence-electron chi connectivity index (χ1n) is 4.67. The summed E-state index contributed by atoms with van der Waals surface area (Å²) in [4.78, 5) is 14.2. The van der Waals surface area contributed by atoms with E-state index in [-0.39, 0.29) is 0 Å². The number of nitrogens with one attached hydrogen (secondary N) is 2. The van der Waals surface area contributed by atoms with Crippen molar-refractivity contribution in [3.8, 4) is 0 Å². The van der Waals surface area contributed by atoms with Crippen LogP contribution in [-0.2, 0) is 4.74 Å². The molecule has 0 bridgehead atoms. The second-order valence-corrected chi connectivity index (χ2v) is 4.98. The second-order valence-electron chi connectivity index (χ2n) is 4.16. The van der Waals surface area contributed by atoms with Crippen LogP contribution in [0.15, 0.2) is 12.3 Å². The Morgan fingerprint density at radius 3 is 2.75 bits per heavy atom. The van der Waals surface area contributed by atoms with Gasteiger partial charge in [0.2, 0.25) is 0 Å². The number of aromatic amines is 1. The third-order valence-corrected chi connectivity index (χ3v) is 2.37. The second kappa shape index (κ2) is 4.84. The van der Waals surface area contributed by atoms with Crippen LogP contribution in [0.3, 0.4) is 0 Å². The molecule has 1 amide bonds. The van der Waals surface area contributed by atoms with Gasteiger partial charge in [0, 0.05) is 6.20 Å². The lowest BCUT2D eigenvalue weighted by Crippen LogP contribution is -2.27. The summed E-state index contributed by atoms with van der Waals surface area (Å²) in [6, 6.07) is 1.64. The van der Waals surface area contributed by atoms with Gasteiger partial charge in [-0.1, -0.05) is 23.8 Å². The van der Waals surface area contributed by atoms with Crippen LogP contribution in [0.1, 0.15) is 20.8 Å². The highest BCUT2D eigenvalue weighted by Gasteiger charge is 2.17. The van der Waals surface area contributed by atoms with Gasteiger partial charge in [0.25, 0.3) is 0 Å². The van der Waals surface area contributed by atoms with Crippen LogP contribution in [0, 0.1) is 4.51 Å². The van der Waals surface area contributed by atoms with Gasteiger partial charge < -0.3 is 9.72 Å². The van der Waals surface area contributed by atoms with E-state index in [4.69, 9.17) is 28.6 Å². The van der Waals surface area contributed by atoms with Gasteiger partial charge >= 0.3 is 6.09 Å². The average molecular weight is 261 g/mol. The molecular formula is C10H13ClN2O2S. The van der Waals surface area contributed by atoms with Crippen molar-refractivity contribution in [1.82, 2.24) is 4.98 Å². The van der Waals surface area contributed by atoms with E-state index in [1.54, 1.807) is 33.0 Å². The number of amides is 1.